The molecule has 0 radical (unpaired) electrons. The molecule has 1 aromatic heterocycles. The SMILES string of the molecule is ClCc1n[nH]c(CCl)[n+]1Cc1ccccc1. The number of hydrogen-bond donors (Lipinski definition) is 1. The molecule has 0 amide bonds. The van der Waals surface area contributed by atoms with Crippen molar-refractivity contribution in [2.24, 2.45) is 0 Å². The van der Waals surface area contributed by atoms with Gasteiger partial charge in [-0.05, 0) is 5.56 Å². The largest absolute Gasteiger partial charge is 0.292 e. The third kappa shape index (κ3) is 2.36. The van der Waals surface area contributed by atoms with Crippen LogP contribution in [-0.4, -0.2) is 10.2 Å². The molecule has 1 heterocycles. The van der Waals surface area contributed by atoms with Gasteiger partial charge in [-0.3, -0.25) is 0 Å². The zero-order valence-corrected chi connectivity index (χ0v) is 10.2. The monoisotopic (exact) mass is 256 g/mol. The molecule has 1 N–H and O–H groups in total. The molecule has 0 unspecified atom stereocenters. The van der Waals surface area contributed by atoms with Crippen LogP contribution in [-0.2, 0) is 18.3 Å². The number of halogens is 2. The Balaban J connectivity index is 2.29. The van der Waals surface area contributed by atoms with E-state index in [0.29, 0.717) is 11.8 Å². The van der Waals surface area contributed by atoms with Crippen LogP contribution < -0.4 is 4.57 Å². The average Bonchev–Trinajstić information content (AvgIpc) is 2.72. The van der Waals surface area contributed by atoms with Gasteiger partial charge in [0.25, 0.3) is 5.82 Å². The van der Waals surface area contributed by atoms with Gasteiger partial charge in [0.05, 0.1) is 6.54 Å². The van der Waals surface area contributed by atoms with Gasteiger partial charge in [0.1, 0.15) is 11.8 Å². The minimum absolute atomic E-state index is 0.375. The molecule has 0 fully saturated rings. The smallest absolute Gasteiger partial charge is 0.226 e. The summed E-state index contributed by atoms with van der Waals surface area (Å²) in [7, 11) is 0. The summed E-state index contributed by atoms with van der Waals surface area (Å²) in [4.78, 5) is 0. The number of aromatic nitrogens is 3. The number of hydrogen-bond acceptors (Lipinski definition) is 1. The minimum atomic E-state index is 0.375. The molecule has 3 nitrogen and oxygen atoms in total. The Morgan fingerprint density at radius 3 is 2.50 bits per heavy atom. The van der Waals surface area contributed by atoms with Crippen molar-refractivity contribution in [2.75, 3.05) is 0 Å². The van der Waals surface area contributed by atoms with E-state index in [1.807, 2.05) is 22.8 Å². The summed E-state index contributed by atoms with van der Waals surface area (Å²) in [5.41, 5.74) is 1.20. The maximum atomic E-state index is 5.83. The summed E-state index contributed by atoms with van der Waals surface area (Å²) in [6, 6.07) is 10.1. The molecule has 2 aromatic rings. The van der Waals surface area contributed by atoms with Crippen LogP contribution in [0.1, 0.15) is 17.2 Å². The Bertz CT molecular complexity index is 432. The highest BCUT2D eigenvalue weighted by molar-refractivity contribution is 6.17. The van der Waals surface area contributed by atoms with E-state index in [1.165, 1.54) is 5.56 Å². The number of alkyl halides is 2. The van der Waals surface area contributed by atoms with Crippen molar-refractivity contribution >= 4 is 23.2 Å². The van der Waals surface area contributed by atoms with E-state index in [1.54, 1.807) is 0 Å². The van der Waals surface area contributed by atoms with Crippen molar-refractivity contribution in [2.45, 2.75) is 18.3 Å². The average molecular weight is 257 g/mol. The summed E-state index contributed by atoms with van der Waals surface area (Å²) >= 11 is 11.7. The van der Waals surface area contributed by atoms with E-state index in [-0.39, 0.29) is 0 Å². The van der Waals surface area contributed by atoms with Crippen LogP contribution in [0, 0.1) is 0 Å². The highest BCUT2D eigenvalue weighted by atomic mass is 35.5. The fourth-order valence-corrected chi connectivity index (χ4v) is 1.97. The van der Waals surface area contributed by atoms with Crippen LogP contribution in [0.3, 0.4) is 0 Å². The van der Waals surface area contributed by atoms with Crippen molar-refractivity contribution in [3.05, 3.63) is 47.5 Å². The van der Waals surface area contributed by atoms with Gasteiger partial charge in [-0.2, -0.15) is 0 Å². The lowest BCUT2D eigenvalue weighted by Crippen LogP contribution is -2.40. The maximum absolute atomic E-state index is 5.83. The van der Waals surface area contributed by atoms with Gasteiger partial charge in [-0.15, -0.1) is 28.3 Å². The molecular formula is C11H12Cl2N3+. The quantitative estimate of drug-likeness (QED) is 0.661. The highest BCUT2D eigenvalue weighted by Gasteiger charge is 2.18. The summed E-state index contributed by atoms with van der Waals surface area (Å²) in [5, 5.41) is 7.01. The van der Waals surface area contributed by atoms with Crippen LogP contribution in [0.2, 0.25) is 0 Å². The normalized spacial score (nSPS) is 10.6. The molecule has 5 heteroatoms. The second-order valence-corrected chi connectivity index (χ2v) is 3.96. The Labute approximate surface area is 104 Å². The molecule has 2 rings (SSSR count). The second-order valence-electron chi connectivity index (χ2n) is 3.43. The number of nitrogens with zero attached hydrogens (tertiary/aromatic N) is 2. The van der Waals surface area contributed by atoms with Gasteiger partial charge < -0.3 is 0 Å². The molecule has 0 aliphatic carbocycles. The van der Waals surface area contributed by atoms with E-state index in [0.717, 1.165) is 18.2 Å². The number of aromatic amines is 1. The van der Waals surface area contributed by atoms with Crippen LogP contribution in [0.4, 0.5) is 0 Å². The Morgan fingerprint density at radius 2 is 1.88 bits per heavy atom. The zero-order chi connectivity index (χ0) is 11.4. The lowest BCUT2D eigenvalue weighted by Gasteiger charge is -2.01. The topological polar surface area (TPSA) is 32.6 Å². The fourth-order valence-electron chi connectivity index (χ4n) is 1.56. The highest BCUT2D eigenvalue weighted by Crippen LogP contribution is 2.03. The molecule has 0 bridgehead atoms. The van der Waals surface area contributed by atoms with Gasteiger partial charge in [-0.25, -0.2) is 4.57 Å². The molecule has 0 aliphatic rings. The number of rotatable bonds is 4. The van der Waals surface area contributed by atoms with Crippen LogP contribution in [0.25, 0.3) is 0 Å². The van der Waals surface area contributed by atoms with Crippen molar-refractivity contribution in [3.8, 4) is 0 Å². The molecule has 1 aromatic carbocycles. The minimum Gasteiger partial charge on any atom is -0.226 e. The first-order valence-electron chi connectivity index (χ1n) is 4.97. The Kier molecular flexibility index (Phi) is 3.80. The van der Waals surface area contributed by atoms with E-state index in [4.69, 9.17) is 23.2 Å². The van der Waals surface area contributed by atoms with E-state index >= 15 is 0 Å². The summed E-state index contributed by atoms with van der Waals surface area (Å²) < 4.78 is 2.01. The fraction of sp³-hybridized carbons (Fsp3) is 0.273. The lowest BCUT2D eigenvalue weighted by molar-refractivity contribution is -0.701. The molecule has 0 atom stereocenters. The Hall–Kier alpha value is -1.06. The van der Waals surface area contributed by atoms with E-state index in [2.05, 4.69) is 22.3 Å². The lowest BCUT2D eigenvalue weighted by atomic mass is 10.2. The summed E-state index contributed by atoms with van der Waals surface area (Å²) in [6.07, 6.45) is 0. The van der Waals surface area contributed by atoms with Gasteiger partial charge in [0.15, 0.2) is 0 Å². The summed E-state index contributed by atoms with van der Waals surface area (Å²) in [5.74, 6) is 2.46. The predicted octanol–water partition coefficient (Wildman–Crippen LogP) is 2.22. The van der Waals surface area contributed by atoms with Crippen molar-refractivity contribution < 1.29 is 4.57 Å². The third-order valence-electron chi connectivity index (χ3n) is 2.38. The maximum Gasteiger partial charge on any atom is 0.292 e. The molecule has 16 heavy (non-hydrogen) atoms. The first kappa shape index (κ1) is 11.4. The van der Waals surface area contributed by atoms with E-state index < -0.39 is 0 Å². The van der Waals surface area contributed by atoms with Crippen LogP contribution >= 0.6 is 23.2 Å². The van der Waals surface area contributed by atoms with Crippen molar-refractivity contribution in [3.63, 3.8) is 0 Å². The molecular weight excluding hydrogens is 245 g/mol. The molecule has 0 aliphatic heterocycles. The van der Waals surface area contributed by atoms with Crippen molar-refractivity contribution in [1.29, 1.82) is 0 Å². The van der Waals surface area contributed by atoms with Crippen molar-refractivity contribution in [1.82, 2.24) is 10.2 Å². The van der Waals surface area contributed by atoms with Gasteiger partial charge in [0.2, 0.25) is 5.82 Å². The molecule has 84 valence electrons. The van der Waals surface area contributed by atoms with Crippen LogP contribution in [0.5, 0.6) is 0 Å². The number of benzene rings is 1. The second kappa shape index (κ2) is 5.32. The molecule has 0 saturated heterocycles. The zero-order valence-electron chi connectivity index (χ0n) is 8.66. The summed E-state index contributed by atoms with van der Waals surface area (Å²) in [6.45, 7) is 0.738. The van der Waals surface area contributed by atoms with Crippen LogP contribution in [0.15, 0.2) is 30.3 Å². The Morgan fingerprint density at radius 1 is 1.12 bits per heavy atom. The number of H-pyrrole nitrogens is 1. The first-order chi connectivity index (χ1) is 7.85. The first-order valence-corrected chi connectivity index (χ1v) is 6.04. The van der Waals surface area contributed by atoms with Gasteiger partial charge in [0, 0.05) is 5.10 Å². The number of nitrogens with one attached hydrogen (secondary N) is 1. The van der Waals surface area contributed by atoms with Gasteiger partial charge in [-0.1, -0.05) is 30.3 Å². The predicted molar refractivity (Wildman–Crippen MR) is 63.4 cm³/mol. The standard InChI is InChI=1S/C11H11Cl2N3/c12-6-10-14-15-11(7-13)16(10)8-9-4-2-1-3-5-9/h1-5H,6-8H2/p+1. The van der Waals surface area contributed by atoms with E-state index in [9.17, 15) is 0 Å². The molecule has 0 spiro atoms. The van der Waals surface area contributed by atoms with Gasteiger partial charge >= 0.3 is 0 Å². The third-order valence-corrected chi connectivity index (χ3v) is 2.87. The molecule has 0 saturated carbocycles.